The average molecular weight is 315 g/mol. The number of Topliss-reactive ketones (excluding diaryl/α,β-unsaturated/α-hetero) is 1. The third kappa shape index (κ3) is 2.80. The first-order chi connectivity index (χ1) is 11.0. The van der Waals surface area contributed by atoms with Crippen LogP contribution < -0.4 is 0 Å². The van der Waals surface area contributed by atoms with E-state index in [0.29, 0.717) is 19.6 Å². The largest absolute Gasteiger partial charge is 0.465 e. The third-order valence-corrected chi connectivity index (χ3v) is 5.30. The van der Waals surface area contributed by atoms with E-state index in [2.05, 4.69) is 17.0 Å². The Balaban J connectivity index is 1.88. The Bertz CT molecular complexity index is 600. The summed E-state index contributed by atoms with van der Waals surface area (Å²) >= 11 is 0. The van der Waals surface area contributed by atoms with Crippen LogP contribution in [-0.4, -0.2) is 36.3 Å². The molecule has 1 aliphatic carbocycles. The molecule has 1 saturated heterocycles. The van der Waals surface area contributed by atoms with Crippen LogP contribution in [0.3, 0.4) is 0 Å². The number of piperidine rings is 1. The summed E-state index contributed by atoms with van der Waals surface area (Å²) in [7, 11) is 0. The number of ketones is 1. The van der Waals surface area contributed by atoms with Crippen LogP contribution >= 0.6 is 0 Å². The second kappa shape index (κ2) is 6.08. The maximum absolute atomic E-state index is 13.0. The van der Waals surface area contributed by atoms with Gasteiger partial charge in [-0.3, -0.25) is 14.5 Å². The summed E-state index contributed by atoms with van der Waals surface area (Å²) in [5, 5.41) is 0. The molecule has 0 N–H and O–H groups in total. The molecule has 23 heavy (non-hydrogen) atoms. The molecule has 2 bridgehead atoms. The second-order valence-corrected chi connectivity index (χ2v) is 7.18. The molecule has 2 atom stereocenters. The summed E-state index contributed by atoms with van der Waals surface area (Å²) in [5.74, 6) is -0.229. The number of ether oxygens (including phenoxy) is 1. The topological polar surface area (TPSA) is 46.6 Å². The highest BCUT2D eigenvalue weighted by Crippen LogP contribution is 2.48. The van der Waals surface area contributed by atoms with Crippen molar-refractivity contribution in [3.63, 3.8) is 0 Å². The van der Waals surface area contributed by atoms with Crippen LogP contribution in [0.2, 0.25) is 0 Å². The van der Waals surface area contributed by atoms with E-state index in [1.54, 1.807) is 6.92 Å². The normalized spacial score (nSPS) is 31.0. The van der Waals surface area contributed by atoms with Gasteiger partial charge in [0.25, 0.3) is 0 Å². The van der Waals surface area contributed by atoms with Gasteiger partial charge in [0.05, 0.1) is 6.61 Å². The van der Waals surface area contributed by atoms with Gasteiger partial charge in [0.15, 0.2) is 5.78 Å². The number of likely N-dealkylation sites (tertiary alicyclic amines) is 1. The maximum atomic E-state index is 13.0. The van der Waals surface area contributed by atoms with Crippen LogP contribution in [0.4, 0.5) is 0 Å². The standard InChI is InChI=1S/C19H25NO3/c1-3-23-17(22)19-11-7-10-18(2,16(19)21)13-20(14-19)12-15-8-5-4-6-9-15/h4-6,8-9H,3,7,10-14H2,1-2H3. The number of benzene rings is 1. The first kappa shape index (κ1) is 16.2. The van der Waals surface area contributed by atoms with Gasteiger partial charge in [-0.25, -0.2) is 0 Å². The number of carbonyl (C=O) groups is 2. The Morgan fingerprint density at radius 1 is 1.22 bits per heavy atom. The van der Waals surface area contributed by atoms with E-state index in [0.717, 1.165) is 25.9 Å². The highest BCUT2D eigenvalue weighted by molar-refractivity contribution is 6.08. The van der Waals surface area contributed by atoms with E-state index in [4.69, 9.17) is 4.74 Å². The zero-order valence-electron chi connectivity index (χ0n) is 14.0. The molecule has 1 aromatic carbocycles. The Morgan fingerprint density at radius 2 is 1.96 bits per heavy atom. The molecule has 1 heterocycles. The molecule has 124 valence electrons. The van der Waals surface area contributed by atoms with Gasteiger partial charge in [-0.05, 0) is 25.3 Å². The number of esters is 1. The number of fused-ring (bicyclic) bond motifs is 2. The lowest BCUT2D eigenvalue weighted by atomic mass is 9.58. The fourth-order valence-corrected chi connectivity index (χ4v) is 4.30. The Labute approximate surface area is 137 Å². The van der Waals surface area contributed by atoms with Gasteiger partial charge in [0.2, 0.25) is 0 Å². The monoisotopic (exact) mass is 315 g/mol. The molecule has 4 nitrogen and oxygen atoms in total. The molecule has 0 spiro atoms. The van der Waals surface area contributed by atoms with Crippen LogP contribution in [0.25, 0.3) is 0 Å². The first-order valence-corrected chi connectivity index (χ1v) is 8.49. The molecule has 0 amide bonds. The lowest BCUT2D eigenvalue weighted by molar-refractivity contribution is -0.175. The van der Waals surface area contributed by atoms with Crippen LogP contribution in [0.15, 0.2) is 30.3 Å². The summed E-state index contributed by atoms with van der Waals surface area (Å²) in [6, 6.07) is 10.2. The lowest BCUT2D eigenvalue weighted by Gasteiger charge is -2.51. The summed E-state index contributed by atoms with van der Waals surface area (Å²) in [5.41, 5.74) is -0.184. The van der Waals surface area contributed by atoms with Gasteiger partial charge in [0, 0.05) is 25.0 Å². The molecule has 1 aromatic rings. The van der Waals surface area contributed by atoms with Crippen LogP contribution in [0.1, 0.15) is 38.7 Å². The Morgan fingerprint density at radius 3 is 2.65 bits per heavy atom. The summed E-state index contributed by atoms with van der Waals surface area (Å²) in [6.45, 7) is 6.11. The SMILES string of the molecule is CCOC(=O)C12CCCC(C)(CN(Cc3ccccc3)C1)C2=O. The van der Waals surface area contributed by atoms with Crippen molar-refractivity contribution in [1.29, 1.82) is 0 Å². The van der Waals surface area contributed by atoms with Crippen molar-refractivity contribution in [1.82, 2.24) is 4.90 Å². The fraction of sp³-hybridized carbons (Fsp3) is 0.579. The molecule has 2 unspecified atom stereocenters. The molecule has 4 heteroatoms. The van der Waals surface area contributed by atoms with E-state index in [1.807, 2.05) is 25.1 Å². The zero-order valence-corrected chi connectivity index (χ0v) is 14.0. The minimum absolute atomic E-state index is 0.0963. The third-order valence-electron chi connectivity index (χ3n) is 5.30. The summed E-state index contributed by atoms with van der Waals surface area (Å²) in [6.07, 6.45) is 2.39. The highest BCUT2D eigenvalue weighted by atomic mass is 16.5. The van der Waals surface area contributed by atoms with E-state index in [1.165, 1.54) is 5.56 Å². The van der Waals surface area contributed by atoms with E-state index in [9.17, 15) is 9.59 Å². The van der Waals surface area contributed by atoms with E-state index >= 15 is 0 Å². The fourth-order valence-electron chi connectivity index (χ4n) is 4.30. The quantitative estimate of drug-likeness (QED) is 0.633. The maximum Gasteiger partial charge on any atom is 0.320 e. The number of hydrogen-bond donors (Lipinski definition) is 0. The van der Waals surface area contributed by atoms with Gasteiger partial charge in [-0.1, -0.05) is 43.7 Å². The zero-order chi connectivity index (χ0) is 16.5. The van der Waals surface area contributed by atoms with Gasteiger partial charge in [-0.2, -0.15) is 0 Å². The molecule has 0 radical (unpaired) electrons. The molecule has 3 rings (SSSR count). The van der Waals surface area contributed by atoms with Gasteiger partial charge in [-0.15, -0.1) is 0 Å². The second-order valence-electron chi connectivity index (χ2n) is 7.18. The number of hydrogen-bond acceptors (Lipinski definition) is 4. The van der Waals surface area contributed by atoms with Crippen molar-refractivity contribution in [3.8, 4) is 0 Å². The van der Waals surface area contributed by atoms with Crippen molar-refractivity contribution in [2.24, 2.45) is 10.8 Å². The van der Waals surface area contributed by atoms with Crippen LogP contribution in [0.5, 0.6) is 0 Å². The van der Waals surface area contributed by atoms with E-state index < -0.39 is 10.8 Å². The van der Waals surface area contributed by atoms with E-state index in [-0.39, 0.29) is 11.8 Å². The molecule has 1 aliphatic heterocycles. The van der Waals surface area contributed by atoms with Gasteiger partial charge in [0.1, 0.15) is 5.41 Å². The first-order valence-electron chi connectivity index (χ1n) is 8.49. The lowest BCUT2D eigenvalue weighted by Crippen LogP contribution is -2.64. The molecular formula is C19H25NO3. The molecule has 2 fully saturated rings. The van der Waals surface area contributed by atoms with Crippen molar-refractivity contribution < 1.29 is 14.3 Å². The minimum atomic E-state index is -0.962. The minimum Gasteiger partial charge on any atom is -0.465 e. The smallest absolute Gasteiger partial charge is 0.320 e. The predicted octanol–water partition coefficient (Wildman–Crippen LogP) is 2.81. The van der Waals surface area contributed by atoms with Gasteiger partial charge < -0.3 is 4.74 Å². The Hall–Kier alpha value is -1.68. The molecule has 2 aliphatic rings. The Kier molecular flexibility index (Phi) is 4.28. The van der Waals surface area contributed by atoms with Crippen molar-refractivity contribution in [2.45, 2.75) is 39.7 Å². The van der Waals surface area contributed by atoms with Crippen molar-refractivity contribution >= 4 is 11.8 Å². The summed E-state index contributed by atoms with van der Waals surface area (Å²) < 4.78 is 5.29. The highest BCUT2D eigenvalue weighted by Gasteiger charge is 2.60. The molecule has 0 aromatic heterocycles. The number of nitrogens with zero attached hydrogens (tertiary/aromatic N) is 1. The molecule has 1 saturated carbocycles. The number of carbonyl (C=O) groups excluding carboxylic acids is 2. The van der Waals surface area contributed by atoms with Crippen LogP contribution in [-0.2, 0) is 20.9 Å². The van der Waals surface area contributed by atoms with Crippen molar-refractivity contribution in [2.75, 3.05) is 19.7 Å². The van der Waals surface area contributed by atoms with Crippen LogP contribution in [0, 0.1) is 10.8 Å². The summed E-state index contributed by atoms with van der Waals surface area (Å²) in [4.78, 5) is 27.9. The number of rotatable bonds is 4. The predicted molar refractivity (Wildman–Crippen MR) is 87.8 cm³/mol. The van der Waals surface area contributed by atoms with Gasteiger partial charge >= 0.3 is 5.97 Å². The molecular weight excluding hydrogens is 290 g/mol. The van der Waals surface area contributed by atoms with Crippen molar-refractivity contribution in [3.05, 3.63) is 35.9 Å². The average Bonchev–Trinajstić information content (AvgIpc) is 2.51.